The maximum Gasteiger partial charge on any atom is 0.338 e. The van der Waals surface area contributed by atoms with Crippen LogP contribution in [0.25, 0.3) is 6.08 Å². The monoisotopic (exact) mass is 577 g/mol. The Bertz CT molecular complexity index is 1680. The number of rotatable bonds is 11. The molecule has 0 fully saturated rings. The molecule has 1 aliphatic heterocycles. The van der Waals surface area contributed by atoms with Crippen LogP contribution < -0.4 is 24.4 Å². The van der Waals surface area contributed by atoms with E-state index >= 15 is 0 Å². The number of nitrogens with zero attached hydrogens (tertiary/aromatic N) is 3. The van der Waals surface area contributed by atoms with Gasteiger partial charge in [0.1, 0.15) is 6.61 Å². The normalized spacial score (nSPS) is 14.9. The van der Waals surface area contributed by atoms with E-state index in [0.717, 1.165) is 17.8 Å². The molecule has 4 rings (SSSR count). The molecule has 0 bridgehead atoms. The Kier molecular flexibility index (Phi) is 9.18. The number of methoxy groups -OCH3 is 1. The van der Waals surface area contributed by atoms with Gasteiger partial charge in [-0.1, -0.05) is 43.9 Å². The zero-order valence-electron chi connectivity index (χ0n) is 23.3. The SMILES string of the molecule is C=CCOC(=O)C1=C(C)N=c2s/c(=C\c3ccc([N+](=O)[O-])cc3)c(=O)n2C1c1ccc(OCCC(C)C)c(OC)c1. The number of hydrogen-bond acceptors (Lipinski definition) is 9. The van der Waals surface area contributed by atoms with E-state index < -0.39 is 16.9 Å². The summed E-state index contributed by atoms with van der Waals surface area (Å²) in [6.45, 7) is 10.1. The van der Waals surface area contributed by atoms with Gasteiger partial charge in [0.2, 0.25) is 0 Å². The van der Waals surface area contributed by atoms with E-state index in [4.69, 9.17) is 14.2 Å². The molecule has 0 amide bonds. The van der Waals surface area contributed by atoms with Crippen molar-refractivity contribution in [1.82, 2.24) is 4.57 Å². The van der Waals surface area contributed by atoms with Crippen LogP contribution in [0.15, 0.2) is 76.2 Å². The average Bonchev–Trinajstić information content (AvgIpc) is 3.25. The van der Waals surface area contributed by atoms with Crippen LogP contribution in [0.1, 0.15) is 44.4 Å². The molecule has 0 saturated heterocycles. The number of thiazole rings is 1. The van der Waals surface area contributed by atoms with Gasteiger partial charge in [-0.15, -0.1) is 0 Å². The number of nitro groups is 1. The maximum absolute atomic E-state index is 13.8. The number of allylic oxidation sites excluding steroid dienone is 1. The first-order valence-electron chi connectivity index (χ1n) is 13.0. The Morgan fingerprint density at radius 2 is 1.95 bits per heavy atom. The third kappa shape index (κ3) is 6.46. The first kappa shape index (κ1) is 29.5. The number of fused-ring (bicyclic) bond motifs is 1. The third-order valence-corrected chi connectivity index (χ3v) is 7.41. The minimum absolute atomic E-state index is 0.00114. The van der Waals surface area contributed by atoms with Crippen molar-refractivity contribution in [2.45, 2.75) is 33.2 Å². The second-order valence-electron chi connectivity index (χ2n) is 9.76. The zero-order valence-corrected chi connectivity index (χ0v) is 24.1. The van der Waals surface area contributed by atoms with Crippen LogP contribution in [0.5, 0.6) is 11.5 Å². The standard InChI is InChI=1S/C30H31N3O7S/c1-6-14-40-29(35)26-19(4)31-30-32(28(34)25(41-30)16-20-7-10-22(11-8-20)33(36)37)27(26)21-9-12-23(24(17-21)38-5)39-15-13-18(2)3/h6-12,16-18,27H,1,13-15H2,2-5H3/b25-16-. The highest BCUT2D eigenvalue weighted by atomic mass is 32.1. The Morgan fingerprint density at radius 1 is 1.22 bits per heavy atom. The van der Waals surface area contributed by atoms with Crippen LogP contribution in [0, 0.1) is 16.0 Å². The van der Waals surface area contributed by atoms with Crippen LogP contribution >= 0.6 is 11.3 Å². The molecular weight excluding hydrogens is 546 g/mol. The predicted octanol–water partition coefficient (Wildman–Crippen LogP) is 4.31. The Labute approximate surface area is 240 Å². The summed E-state index contributed by atoms with van der Waals surface area (Å²) in [5, 5.41) is 11.0. The predicted molar refractivity (Wildman–Crippen MR) is 156 cm³/mol. The number of carbonyl (C=O) groups is 1. The van der Waals surface area contributed by atoms with Gasteiger partial charge in [-0.3, -0.25) is 19.5 Å². The fourth-order valence-electron chi connectivity index (χ4n) is 4.33. The number of non-ortho nitro benzene ring substituents is 1. The van der Waals surface area contributed by atoms with Gasteiger partial charge in [0.25, 0.3) is 11.2 Å². The summed E-state index contributed by atoms with van der Waals surface area (Å²) >= 11 is 1.16. The summed E-state index contributed by atoms with van der Waals surface area (Å²) in [5.41, 5.74) is 1.45. The molecule has 1 unspecified atom stereocenters. The summed E-state index contributed by atoms with van der Waals surface area (Å²) in [6, 6.07) is 10.4. The second-order valence-corrected chi connectivity index (χ2v) is 10.8. The summed E-state index contributed by atoms with van der Waals surface area (Å²) < 4.78 is 18.8. The molecule has 0 spiro atoms. The highest BCUT2D eigenvalue weighted by molar-refractivity contribution is 7.07. The minimum atomic E-state index is -0.846. The first-order chi connectivity index (χ1) is 19.6. The molecular formula is C30H31N3O7S. The molecule has 214 valence electrons. The Balaban J connectivity index is 1.85. The highest BCUT2D eigenvalue weighted by Crippen LogP contribution is 2.36. The number of carbonyl (C=O) groups excluding carboxylic acids is 1. The first-order valence-corrected chi connectivity index (χ1v) is 13.8. The number of esters is 1. The molecule has 11 heteroatoms. The molecule has 2 aromatic carbocycles. The van der Waals surface area contributed by atoms with Crippen LogP contribution in [-0.4, -0.2) is 35.8 Å². The lowest BCUT2D eigenvalue weighted by molar-refractivity contribution is -0.384. The van der Waals surface area contributed by atoms with Crippen molar-refractivity contribution in [2.75, 3.05) is 20.3 Å². The van der Waals surface area contributed by atoms with Crippen molar-refractivity contribution in [2.24, 2.45) is 10.9 Å². The zero-order chi connectivity index (χ0) is 29.7. The molecule has 0 radical (unpaired) electrons. The molecule has 41 heavy (non-hydrogen) atoms. The molecule has 1 atom stereocenters. The van der Waals surface area contributed by atoms with Gasteiger partial charge in [-0.2, -0.15) is 0 Å². The molecule has 0 aliphatic carbocycles. The lowest BCUT2D eigenvalue weighted by atomic mass is 9.95. The summed E-state index contributed by atoms with van der Waals surface area (Å²) in [5.74, 6) is 0.883. The Morgan fingerprint density at radius 3 is 2.59 bits per heavy atom. The van der Waals surface area contributed by atoms with Gasteiger partial charge in [-0.05, 0) is 60.7 Å². The van der Waals surface area contributed by atoms with Gasteiger partial charge in [0.05, 0.1) is 40.5 Å². The van der Waals surface area contributed by atoms with Gasteiger partial charge in [0, 0.05) is 12.1 Å². The number of aromatic nitrogens is 1. The van der Waals surface area contributed by atoms with E-state index in [2.05, 4.69) is 25.4 Å². The number of hydrogen-bond donors (Lipinski definition) is 0. The molecule has 0 N–H and O–H groups in total. The lowest BCUT2D eigenvalue weighted by Gasteiger charge is -2.25. The van der Waals surface area contributed by atoms with Crippen LogP contribution in [0.2, 0.25) is 0 Å². The van der Waals surface area contributed by atoms with Crippen molar-refractivity contribution < 1.29 is 23.9 Å². The van der Waals surface area contributed by atoms with E-state index in [0.29, 0.717) is 50.2 Å². The van der Waals surface area contributed by atoms with Crippen LogP contribution in [0.3, 0.4) is 0 Å². The fraction of sp³-hybridized carbons (Fsp3) is 0.300. The largest absolute Gasteiger partial charge is 0.493 e. The van der Waals surface area contributed by atoms with Crippen molar-refractivity contribution in [1.29, 1.82) is 0 Å². The Hall–Kier alpha value is -4.51. The third-order valence-electron chi connectivity index (χ3n) is 6.43. The van der Waals surface area contributed by atoms with Crippen molar-refractivity contribution in [3.8, 4) is 11.5 Å². The number of nitro benzene ring substituents is 1. The van der Waals surface area contributed by atoms with E-state index in [1.54, 1.807) is 43.3 Å². The summed E-state index contributed by atoms with van der Waals surface area (Å²) in [6.07, 6.45) is 3.98. The van der Waals surface area contributed by atoms with Crippen LogP contribution in [-0.2, 0) is 9.53 Å². The lowest BCUT2D eigenvalue weighted by Crippen LogP contribution is -2.40. The fourth-order valence-corrected chi connectivity index (χ4v) is 5.38. The quantitative estimate of drug-likeness (QED) is 0.144. The molecule has 3 aromatic rings. The van der Waals surface area contributed by atoms with Gasteiger partial charge in [0.15, 0.2) is 16.3 Å². The van der Waals surface area contributed by atoms with E-state index in [1.807, 2.05) is 0 Å². The highest BCUT2D eigenvalue weighted by Gasteiger charge is 2.34. The average molecular weight is 578 g/mol. The molecule has 1 aliphatic rings. The van der Waals surface area contributed by atoms with Crippen molar-refractivity contribution in [3.05, 3.63) is 107 Å². The van der Waals surface area contributed by atoms with Gasteiger partial charge < -0.3 is 14.2 Å². The number of ether oxygens (including phenoxy) is 3. The minimum Gasteiger partial charge on any atom is -0.493 e. The molecule has 0 saturated carbocycles. The summed E-state index contributed by atoms with van der Waals surface area (Å²) in [7, 11) is 1.53. The molecule has 2 heterocycles. The van der Waals surface area contributed by atoms with E-state index in [9.17, 15) is 19.7 Å². The van der Waals surface area contributed by atoms with E-state index in [-0.39, 0.29) is 23.4 Å². The van der Waals surface area contributed by atoms with Crippen LogP contribution in [0.4, 0.5) is 5.69 Å². The van der Waals surface area contributed by atoms with Crippen molar-refractivity contribution >= 4 is 29.1 Å². The van der Waals surface area contributed by atoms with Gasteiger partial charge >= 0.3 is 5.97 Å². The smallest absolute Gasteiger partial charge is 0.338 e. The second kappa shape index (κ2) is 12.8. The van der Waals surface area contributed by atoms with E-state index in [1.165, 1.54) is 29.9 Å². The molecule has 10 nitrogen and oxygen atoms in total. The molecule has 1 aromatic heterocycles. The maximum atomic E-state index is 13.8. The summed E-state index contributed by atoms with van der Waals surface area (Å²) in [4.78, 5) is 42.6. The topological polar surface area (TPSA) is 122 Å². The van der Waals surface area contributed by atoms with Gasteiger partial charge in [-0.25, -0.2) is 9.79 Å². The number of benzene rings is 2. The van der Waals surface area contributed by atoms with Crippen molar-refractivity contribution in [3.63, 3.8) is 0 Å².